The third-order valence-electron chi connectivity index (χ3n) is 2.38. The normalized spacial score (nSPS) is 14.1. The van der Waals surface area contributed by atoms with Gasteiger partial charge in [0.25, 0.3) is 0 Å². The molecule has 94 valence electrons. The minimum atomic E-state index is -0.402. The molecule has 0 fully saturated rings. The Bertz CT molecular complexity index is 362. The zero-order chi connectivity index (χ0) is 12.8. The van der Waals surface area contributed by atoms with Crippen molar-refractivity contribution in [1.29, 1.82) is 0 Å². The SMILES string of the molecule is CC(O)CC(C)NC(=O)Cc1ccc(Cl)cc1. The summed E-state index contributed by atoms with van der Waals surface area (Å²) in [5.41, 5.74) is 0.927. The van der Waals surface area contributed by atoms with Crippen molar-refractivity contribution < 1.29 is 9.90 Å². The lowest BCUT2D eigenvalue weighted by Gasteiger charge is -2.15. The minimum Gasteiger partial charge on any atom is -0.393 e. The summed E-state index contributed by atoms with van der Waals surface area (Å²) >= 11 is 5.76. The summed E-state index contributed by atoms with van der Waals surface area (Å²) in [6, 6.07) is 7.18. The van der Waals surface area contributed by atoms with E-state index in [1.807, 2.05) is 19.1 Å². The zero-order valence-corrected chi connectivity index (χ0v) is 10.9. The number of hydrogen-bond donors (Lipinski definition) is 2. The van der Waals surface area contributed by atoms with E-state index in [2.05, 4.69) is 5.32 Å². The molecule has 1 aromatic rings. The van der Waals surface area contributed by atoms with Crippen molar-refractivity contribution >= 4 is 17.5 Å². The number of amides is 1. The van der Waals surface area contributed by atoms with Crippen molar-refractivity contribution in [3.8, 4) is 0 Å². The van der Waals surface area contributed by atoms with E-state index in [0.29, 0.717) is 17.9 Å². The highest BCUT2D eigenvalue weighted by atomic mass is 35.5. The molecule has 0 bridgehead atoms. The molecule has 0 aliphatic carbocycles. The Labute approximate surface area is 107 Å². The topological polar surface area (TPSA) is 49.3 Å². The summed E-state index contributed by atoms with van der Waals surface area (Å²) < 4.78 is 0. The maximum absolute atomic E-state index is 11.7. The molecule has 2 N–H and O–H groups in total. The molecule has 0 saturated heterocycles. The second-order valence-corrected chi connectivity index (χ2v) is 4.79. The number of rotatable bonds is 5. The molecule has 0 aliphatic heterocycles. The molecule has 0 heterocycles. The first kappa shape index (κ1) is 14.0. The van der Waals surface area contributed by atoms with Gasteiger partial charge in [0.15, 0.2) is 0 Å². The van der Waals surface area contributed by atoms with Gasteiger partial charge in [0.2, 0.25) is 5.91 Å². The fraction of sp³-hybridized carbons (Fsp3) is 0.462. The third kappa shape index (κ3) is 5.71. The van der Waals surface area contributed by atoms with Crippen LogP contribution in [0.5, 0.6) is 0 Å². The molecular weight excluding hydrogens is 238 g/mol. The van der Waals surface area contributed by atoms with E-state index in [1.54, 1.807) is 19.1 Å². The molecule has 1 aromatic carbocycles. The molecule has 0 saturated carbocycles. The lowest BCUT2D eigenvalue weighted by molar-refractivity contribution is -0.121. The summed E-state index contributed by atoms with van der Waals surface area (Å²) in [7, 11) is 0. The largest absolute Gasteiger partial charge is 0.393 e. The maximum Gasteiger partial charge on any atom is 0.224 e. The van der Waals surface area contributed by atoms with E-state index >= 15 is 0 Å². The highest BCUT2D eigenvalue weighted by molar-refractivity contribution is 6.30. The van der Waals surface area contributed by atoms with Crippen LogP contribution in [0.1, 0.15) is 25.8 Å². The number of nitrogens with one attached hydrogen (secondary N) is 1. The standard InChI is InChI=1S/C13H18ClNO2/c1-9(7-10(2)16)15-13(17)8-11-3-5-12(14)6-4-11/h3-6,9-10,16H,7-8H2,1-2H3,(H,15,17). The van der Waals surface area contributed by atoms with Gasteiger partial charge in [0.05, 0.1) is 12.5 Å². The molecular formula is C13H18ClNO2. The molecule has 0 radical (unpaired) electrons. The Morgan fingerprint density at radius 3 is 2.47 bits per heavy atom. The van der Waals surface area contributed by atoms with Gasteiger partial charge in [-0.2, -0.15) is 0 Å². The van der Waals surface area contributed by atoms with Gasteiger partial charge in [-0.3, -0.25) is 4.79 Å². The van der Waals surface area contributed by atoms with E-state index in [1.165, 1.54) is 0 Å². The van der Waals surface area contributed by atoms with Crippen LogP contribution in [0.4, 0.5) is 0 Å². The van der Waals surface area contributed by atoms with Gasteiger partial charge in [-0.25, -0.2) is 0 Å². The second kappa shape index (κ2) is 6.62. The zero-order valence-electron chi connectivity index (χ0n) is 10.1. The van der Waals surface area contributed by atoms with Gasteiger partial charge in [-0.05, 0) is 38.0 Å². The van der Waals surface area contributed by atoms with Crippen LogP contribution in [-0.2, 0) is 11.2 Å². The highest BCUT2D eigenvalue weighted by Crippen LogP contribution is 2.10. The molecule has 17 heavy (non-hydrogen) atoms. The van der Waals surface area contributed by atoms with Gasteiger partial charge in [-0.15, -0.1) is 0 Å². The van der Waals surface area contributed by atoms with Crippen molar-refractivity contribution in [2.24, 2.45) is 0 Å². The number of aliphatic hydroxyl groups is 1. The van der Waals surface area contributed by atoms with Gasteiger partial charge in [0.1, 0.15) is 0 Å². The highest BCUT2D eigenvalue weighted by Gasteiger charge is 2.10. The van der Waals surface area contributed by atoms with Crippen molar-refractivity contribution in [3.63, 3.8) is 0 Å². The van der Waals surface area contributed by atoms with Crippen LogP contribution in [-0.4, -0.2) is 23.2 Å². The smallest absolute Gasteiger partial charge is 0.224 e. The molecule has 0 spiro atoms. The van der Waals surface area contributed by atoms with Gasteiger partial charge in [0, 0.05) is 11.1 Å². The molecule has 1 amide bonds. The first-order valence-electron chi connectivity index (χ1n) is 5.69. The van der Waals surface area contributed by atoms with Gasteiger partial charge >= 0.3 is 0 Å². The molecule has 2 atom stereocenters. The van der Waals surface area contributed by atoms with Crippen molar-refractivity contribution in [2.45, 2.75) is 38.8 Å². The maximum atomic E-state index is 11.7. The lowest BCUT2D eigenvalue weighted by atomic mass is 10.1. The van der Waals surface area contributed by atoms with Crippen molar-refractivity contribution in [3.05, 3.63) is 34.9 Å². The number of aliphatic hydroxyl groups excluding tert-OH is 1. The van der Waals surface area contributed by atoms with Crippen LogP contribution < -0.4 is 5.32 Å². The summed E-state index contributed by atoms with van der Waals surface area (Å²) in [6.45, 7) is 3.59. The molecule has 3 nitrogen and oxygen atoms in total. The predicted octanol–water partition coefficient (Wildman–Crippen LogP) is 2.16. The molecule has 2 unspecified atom stereocenters. The first-order valence-corrected chi connectivity index (χ1v) is 6.07. The number of benzene rings is 1. The van der Waals surface area contributed by atoms with E-state index in [-0.39, 0.29) is 11.9 Å². The third-order valence-corrected chi connectivity index (χ3v) is 2.63. The number of carbonyl (C=O) groups excluding carboxylic acids is 1. The Balaban J connectivity index is 2.41. The van der Waals surface area contributed by atoms with Crippen LogP contribution in [0, 0.1) is 0 Å². The van der Waals surface area contributed by atoms with E-state index in [9.17, 15) is 9.90 Å². The summed E-state index contributed by atoms with van der Waals surface area (Å²) in [5, 5.41) is 12.7. The Morgan fingerprint density at radius 1 is 1.35 bits per heavy atom. The molecule has 0 aromatic heterocycles. The number of carbonyl (C=O) groups is 1. The average molecular weight is 256 g/mol. The predicted molar refractivity (Wildman–Crippen MR) is 69.1 cm³/mol. The number of halogens is 1. The lowest BCUT2D eigenvalue weighted by Crippen LogP contribution is -2.35. The molecule has 4 heteroatoms. The van der Waals surface area contributed by atoms with Crippen LogP contribution in [0.2, 0.25) is 5.02 Å². The van der Waals surface area contributed by atoms with Crippen molar-refractivity contribution in [2.75, 3.05) is 0 Å². The van der Waals surface area contributed by atoms with Crippen LogP contribution in [0.25, 0.3) is 0 Å². The van der Waals surface area contributed by atoms with Crippen LogP contribution in [0.15, 0.2) is 24.3 Å². The molecule has 1 rings (SSSR count). The number of hydrogen-bond acceptors (Lipinski definition) is 2. The Hall–Kier alpha value is -1.06. The molecule has 0 aliphatic rings. The van der Waals surface area contributed by atoms with Crippen molar-refractivity contribution in [1.82, 2.24) is 5.32 Å². The Morgan fingerprint density at radius 2 is 1.94 bits per heavy atom. The summed E-state index contributed by atoms with van der Waals surface area (Å²) in [5.74, 6) is -0.0412. The average Bonchev–Trinajstić information content (AvgIpc) is 2.19. The van der Waals surface area contributed by atoms with Crippen LogP contribution >= 0.6 is 11.6 Å². The fourth-order valence-corrected chi connectivity index (χ4v) is 1.81. The van der Waals surface area contributed by atoms with Crippen LogP contribution in [0.3, 0.4) is 0 Å². The monoisotopic (exact) mass is 255 g/mol. The second-order valence-electron chi connectivity index (χ2n) is 4.36. The van der Waals surface area contributed by atoms with E-state index in [0.717, 1.165) is 5.56 Å². The first-order chi connectivity index (χ1) is 7.97. The van der Waals surface area contributed by atoms with E-state index < -0.39 is 6.10 Å². The minimum absolute atomic E-state index is 0.0187. The quantitative estimate of drug-likeness (QED) is 0.847. The van der Waals surface area contributed by atoms with Gasteiger partial charge < -0.3 is 10.4 Å². The summed E-state index contributed by atoms with van der Waals surface area (Å²) in [6.07, 6.45) is 0.494. The Kier molecular flexibility index (Phi) is 5.45. The van der Waals surface area contributed by atoms with Gasteiger partial charge in [-0.1, -0.05) is 23.7 Å². The summed E-state index contributed by atoms with van der Waals surface area (Å²) in [4.78, 5) is 11.7. The van der Waals surface area contributed by atoms with E-state index in [4.69, 9.17) is 11.6 Å². The fourth-order valence-electron chi connectivity index (χ4n) is 1.68.